The first kappa shape index (κ1) is 17.8. The second-order valence-corrected chi connectivity index (χ2v) is 6.48. The molecule has 0 N–H and O–H groups in total. The Labute approximate surface area is 142 Å². The lowest BCUT2D eigenvalue weighted by Crippen LogP contribution is -2.37. The molecule has 0 aliphatic carbocycles. The molecular weight excluding hydrogens is 280 g/mol. The maximum atomic E-state index is 2.46. The van der Waals surface area contributed by atoms with Crippen LogP contribution in [0.5, 0.6) is 0 Å². The summed E-state index contributed by atoms with van der Waals surface area (Å²) in [7, 11) is 0. The summed E-state index contributed by atoms with van der Waals surface area (Å²) in [6.07, 6.45) is 16.4. The van der Waals surface area contributed by atoms with E-state index in [1.54, 1.807) is 0 Å². The van der Waals surface area contributed by atoms with Crippen molar-refractivity contribution in [2.75, 3.05) is 0 Å². The van der Waals surface area contributed by atoms with Gasteiger partial charge in [0.15, 0.2) is 0 Å². The van der Waals surface area contributed by atoms with Crippen LogP contribution in [0.1, 0.15) is 71.0 Å². The van der Waals surface area contributed by atoms with E-state index >= 15 is 0 Å². The largest absolute Gasteiger partial charge is 0.261 e. The number of hydrogen-bond donors (Lipinski definition) is 0. The highest BCUT2D eigenvalue weighted by Crippen LogP contribution is 2.12. The fraction of sp³-hybridized carbons (Fsp3) is 0.571. The van der Waals surface area contributed by atoms with Gasteiger partial charge in [0.2, 0.25) is 0 Å². The van der Waals surface area contributed by atoms with Crippen LogP contribution in [-0.4, -0.2) is 4.57 Å². The number of nitrogens with zero attached hydrogens (tertiary/aromatic N) is 2. The zero-order chi connectivity index (χ0) is 16.3. The van der Waals surface area contributed by atoms with Crippen molar-refractivity contribution in [3.05, 3.63) is 48.5 Å². The minimum Gasteiger partial charge on any atom is -0.234 e. The first-order chi connectivity index (χ1) is 11.4. The third-order valence-electron chi connectivity index (χ3n) is 4.52. The maximum Gasteiger partial charge on any atom is 0.261 e. The van der Waals surface area contributed by atoms with E-state index < -0.39 is 0 Å². The molecule has 0 spiro atoms. The Bertz CT molecular complexity index is 542. The zero-order valence-corrected chi connectivity index (χ0v) is 15.0. The van der Waals surface area contributed by atoms with Gasteiger partial charge in [-0.3, -0.25) is 0 Å². The number of aryl methyl sites for hydroxylation is 1. The van der Waals surface area contributed by atoms with Crippen LogP contribution in [0.25, 0.3) is 5.69 Å². The molecule has 126 valence electrons. The Hall–Kier alpha value is -1.57. The summed E-state index contributed by atoms with van der Waals surface area (Å²) >= 11 is 0. The van der Waals surface area contributed by atoms with Crippen molar-refractivity contribution < 1.29 is 4.57 Å². The van der Waals surface area contributed by atoms with E-state index in [0.717, 1.165) is 13.0 Å². The first-order valence-electron chi connectivity index (χ1n) is 9.52. The van der Waals surface area contributed by atoms with Crippen molar-refractivity contribution in [3.63, 3.8) is 0 Å². The van der Waals surface area contributed by atoms with Gasteiger partial charge in [-0.1, -0.05) is 64.2 Å². The molecule has 2 nitrogen and oxygen atoms in total. The predicted molar refractivity (Wildman–Crippen MR) is 98.0 cm³/mol. The highest BCUT2D eigenvalue weighted by atomic mass is 15.1. The topological polar surface area (TPSA) is 8.81 Å². The summed E-state index contributed by atoms with van der Waals surface area (Å²) in [6, 6.07) is 10.7. The predicted octanol–water partition coefficient (Wildman–Crippen LogP) is 5.47. The molecule has 2 rings (SSSR count). The van der Waals surface area contributed by atoms with E-state index in [9.17, 15) is 0 Å². The molecule has 0 aliphatic rings. The summed E-state index contributed by atoms with van der Waals surface area (Å²) in [5.74, 6) is 1.43. The van der Waals surface area contributed by atoms with E-state index in [4.69, 9.17) is 0 Å². The Morgan fingerprint density at radius 2 is 1.52 bits per heavy atom. The van der Waals surface area contributed by atoms with Crippen LogP contribution in [0, 0.1) is 0 Å². The van der Waals surface area contributed by atoms with E-state index in [-0.39, 0.29) is 0 Å². The first-order valence-corrected chi connectivity index (χ1v) is 9.52. The number of rotatable bonds is 11. The summed E-state index contributed by atoms with van der Waals surface area (Å²) in [5, 5.41) is 0. The van der Waals surface area contributed by atoms with Crippen LogP contribution < -0.4 is 4.57 Å². The number of para-hydroxylation sites is 1. The Kier molecular flexibility index (Phi) is 7.92. The third-order valence-corrected chi connectivity index (χ3v) is 4.52. The Balaban J connectivity index is 1.90. The molecular formula is C21H33N2+. The fourth-order valence-corrected chi connectivity index (χ4v) is 3.21. The lowest BCUT2D eigenvalue weighted by Gasteiger charge is -2.05. The monoisotopic (exact) mass is 313 g/mol. The number of hydrogen-bond acceptors (Lipinski definition) is 0. The van der Waals surface area contributed by atoms with Crippen molar-refractivity contribution in [1.82, 2.24) is 4.57 Å². The van der Waals surface area contributed by atoms with Gasteiger partial charge < -0.3 is 0 Å². The standard InChI is InChI=1S/C21H33N2/c1-3-5-6-7-8-9-13-17-22-18-19-23(21(22)14-4-2)20-15-11-10-12-16-20/h10-12,15-16,18-19H,3-9,13-14,17H2,1-2H3/q+1. The molecule has 0 atom stereocenters. The lowest BCUT2D eigenvalue weighted by molar-refractivity contribution is -0.704. The molecule has 0 amide bonds. The second kappa shape index (κ2) is 10.3. The molecule has 0 unspecified atom stereocenters. The van der Waals surface area contributed by atoms with Gasteiger partial charge in [0.25, 0.3) is 5.82 Å². The van der Waals surface area contributed by atoms with E-state index in [1.165, 1.54) is 62.9 Å². The quantitative estimate of drug-likeness (QED) is 0.384. The number of aromatic nitrogens is 2. The second-order valence-electron chi connectivity index (χ2n) is 6.48. The molecule has 0 bridgehead atoms. The summed E-state index contributed by atoms with van der Waals surface area (Å²) in [4.78, 5) is 0. The number of benzene rings is 1. The molecule has 1 aromatic carbocycles. The van der Waals surface area contributed by atoms with Crippen LogP contribution in [0.4, 0.5) is 0 Å². The molecule has 2 heteroatoms. The minimum atomic E-state index is 1.14. The lowest BCUT2D eigenvalue weighted by atomic mass is 10.1. The Morgan fingerprint density at radius 1 is 0.826 bits per heavy atom. The van der Waals surface area contributed by atoms with E-state index in [0.29, 0.717) is 0 Å². The molecule has 0 saturated heterocycles. The molecule has 1 heterocycles. The van der Waals surface area contributed by atoms with Crippen LogP contribution in [0.15, 0.2) is 42.7 Å². The number of imidazole rings is 1. The van der Waals surface area contributed by atoms with Crippen molar-refractivity contribution >= 4 is 0 Å². The molecule has 0 aliphatic heterocycles. The molecule has 0 radical (unpaired) electrons. The van der Waals surface area contributed by atoms with Gasteiger partial charge in [-0.05, 0) is 31.4 Å². The smallest absolute Gasteiger partial charge is 0.234 e. The zero-order valence-electron chi connectivity index (χ0n) is 15.0. The summed E-state index contributed by atoms with van der Waals surface area (Å²) in [6.45, 7) is 5.70. The molecule has 0 fully saturated rings. The summed E-state index contributed by atoms with van der Waals surface area (Å²) < 4.78 is 4.81. The average molecular weight is 314 g/mol. The van der Waals surface area contributed by atoms with Crippen molar-refractivity contribution in [2.24, 2.45) is 0 Å². The third kappa shape index (κ3) is 5.53. The van der Waals surface area contributed by atoms with Gasteiger partial charge in [0.1, 0.15) is 18.1 Å². The molecule has 0 saturated carbocycles. The van der Waals surface area contributed by atoms with Crippen LogP contribution in [0.2, 0.25) is 0 Å². The van der Waals surface area contributed by atoms with Gasteiger partial charge in [0.05, 0.1) is 6.54 Å². The van der Waals surface area contributed by atoms with Crippen molar-refractivity contribution in [1.29, 1.82) is 0 Å². The van der Waals surface area contributed by atoms with Gasteiger partial charge in [-0.2, -0.15) is 4.57 Å². The SMILES string of the molecule is CCCCCCCCC[n+]1ccn(-c2ccccc2)c1CCC. The molecule has 23 heavy (non-hydrogen) atoms. The van der Waals surface area contributed by atoms with Gasteiger partial charge in [-0.15, -0.1) is 0 Å². The average Bonchev–Trinajstić information content (AvgIpc) is 2.98. The highest BCUT2D eigenvalue weighted by molar-refractivity contribution is 5.31. The fourth-order valence-electron chi connectivity index (χ4n) is 3.21. The highest BCUT2D eigenvalue weighted by Gasteiger charge is 2.17. The molecule has 2 aromatic rings. The van der Waals surface area contributed by atoms with Gasteiger partial charge in [0, 0.05) is 6.42 Å². The van der Waals surface area contributed by atoms with E-state index in [1.807, 2.05) is 0 Å². The van der Waals surface area contributed by atoms with Crippen LogP contribution in [-0.2, 0) is 13.0 Å². The van der Waals surface area contributed by atoms with Crippen molar-refractivity contribution in [2.45, 2.75) is 78.2 Å². The van der Waals surface area contributed by atoms with Gasteiger partial charge >= 0.3 is 0 Å². The minimum absolute atomic E-state index is 1.14. The molecule has 1 aromatic heterocycles. The van der Waals surface area contributed by atoms with Gasteiger partial charge in [-0.25, -0.2) is 4.57 Å². The number of unbranched alkanes of at least 4 members (excludes halogenated alkanes) is 6. The maximum absolute atomic E-state index is 2.46. The van der Waals surface area contributed by atoms with Crippen molar-refractivity contribution in [3.8, 4) is 5.69 Å². The Morgan fingerprint density at radius 3 is 2.22 bits per heavy atom. The normalized spacial score (nSPS) is 11.0. The summed E-state index contributed by atoms with van der Waals surface area (Å²) in [5.41, 5.74) is 1.27. The van der Waals surface area contributed by atoms with E-state index in [2.05, 4.69) is 65.7 Å². The van der Waals surface area contributed by atoms with Crippen LogP contribution in [0.3, 0.4) is 0 Å². The van der Waals surface area contributed by atoms with Crippen LogP contribution >= 0.6 is 0 Å².